The lowest BCUT2D eigenvalue weighted by Crippen LogP contribution is -2.07. The van der Waals surface area contributed by atoms with E-state index in [1.807, 2.05) is 47.8 Å². The van der Waals surface area contributed by atoms with E-state index in [0.29, 0.717) is 10.2 Å². The van der Waals surface area contributed by atoms with Gasteiger partial charge in [-0.3, -0.25) is 10.1 Å². The molecule has 0 aliphatic carbocycles. The summed E-state index contributed by atoms with van der Waals surface area (Å²) >= 11 is 11.0. The van der Waals surface area contributed by atoms with Crippen LogP contribution >= 0.6 is 38.9 Å². The van der Waals surface area contributed by atoms with Crippen LogP contribution in [0.15, 0.2) is 58.4 Å². The molecule has 0 spiro atoms. The highest BCUT2D eigenvalue weighted by Gasteiger charge is 2.09. The molecule has 0 atom stereocenters. The Morgan fingerprint density at radius 3 is 2.85 bits per heavy atom. The van der Waals surface area contributed by atoms with Gasteiger partial charge in [0.15, 0.2) is 5.13 Å². The number of rotatable bonds is 5. The number of hydrogen-bond donors (Lipinski definition) is 1. The van der Waals surface area contributed by atoms with Crippen molar-refractivity contribution in [2.75, 3.05) is 12.4 Å². The van der Waals surface area contributed by atoms with Crippen LogP contribution in [-0.2, 0) is 4.79 Å². The summed E-state index contributed by atoms with van der Waals surface area (Å²) in [5.74, 6) is 0.485. The van der Waals surface area contributed by atoms with E-state index in [1.54, 1.807) is 13.2 Å². The topological polar surface area (TPSA) is 51.2 Å². The van der Waals surface area contributed by atoms with E-state index in [2.05, 4.69) is 26.2 Å². The Balaban J connectivity index is 1.67. The number of thiazole rings is 1. The Labute approximate surface area is 168 Å². The molecular weight excluding hydrogens is 436 g/mol. The third-order valence-corrected chi connectivity index (χ3v) is 5.19. The van der Waals surface area contributed by atoms with Crippen LogP contribution in [0, 0.1) is 0 Å². The summed E-state index contributed by atoms with van der Waals surface area (Å²) in [5, 5.41) is 5.77. The summed E-state index contributed by atoms with van der Waals surface area (Å²) in [7, 11) is 1.61. The predicted molar refractivity (Wildman–Crippen MR) is 111 cm³/mol. The van der Waals surface area contributed by atoms with E-state index in [1.165, 1.54) is 17.4 Å². The monoisotopic (exact) mass is 448 g/mol. The highest BCUT2D eigenvalue weighted by atomic mass is 79.9. The molecule has 2 aromatic carbocycles. The number of benzene rings is 2. The number of nitrogens with one attached hydrogen (secondary N) is 1. The Kier molecular flexibility index (Phi) is 6.08. The normalized spacial score (nSPS) is 10.9. The summed E-state index contributed by atoms with van der Waals surface area (Å²) in [4.78, 5) is 16.5. The van der Waals surface area contributed by atoms with Crippen LogP contribution in [0.1, 0.15) is 5.56 Å². The van der Waals surface area contributed by atoms with E-state index in [9.17, 15) is 4.79 Å². The zero-order chi connectivity index (χ0) is 18.5. The van der Waals surface area contributed by atoms with E-state index in [4.69, 9.17) is 16.3 Å². The minimum atomic E-state index is -0.253. The minimum absolute atomic E-state index is 0.253. The van der Waals surface area contributed by atoms with Crippen LogP contribution in [0.2, 0.25) is 5.02 Å². The van der Waals surface area contributed by atoms with E-state index in [0.717, 1.165) is 27.0 Å². The highest BCUT2D eigenvalue weighted by Crippen LogP contribution is 2.30. The van der Waals surface area contributed by atoms with Gasteiger partial charge in [0.2, 0.25) is 5.91 Å². The molecular formula is C19H14BrClN2O2S. The lowest BCUT2D eigenvalue weighted by Gasteiger charge is -2.03. The van der Waals surface area contributed by atoms with Gasteiger partial charge in [-0.15, -0.1) is 11.3 Å². The Bertz CT molecular complexity index is 972. The summed E-state index contributed by atoms with van der Waals surface area (Å²) in [6, 6.07) is 13.0. The summed E-state index contributed by atoms with van der Waals surface area (Å²) in [6.07, 6.45) is 3.19. The quantitative estimate of drug-likeness (QED) is 0.494. The van der Waals surface area contributed by atoms with Crippen molar-refractivity contribution in [1.29, 1.82) is 0 Å². The lowest BCUT2D eigenvalue weighted by molar-refractivity contribution is -0.111. The number of amides is 1. The average molecular weight is 450 g/mol. The molecule has 26 heavy (non-hydrogen) atoms. The van der Waals surface area contributed by atoms with Gasteiger partial charge in [-0.2, -0.15) is 0 Å². The third-order valence-electron chi connectivity index (χ3n) is 3.49. The number of hydrogen-bond acceptors (Lipinski definition) is 4. The van der Waals surface area contributed by atoms with Crippen LogP contribution in [0.4, 0.5) is 5.13 Å². The fourth-order valence-corrected chi connectivity index (χ4v) is 3.73. The molecule has 3 aromatic rings. The molecule has 1 amide bonds. The van der Waals surface area contributed by atoms with Gasteiger partial charge in [0.25, 0.3) is 0 Å². The van der Waals surface area contributed by atoms with Crippen molar-refractivity contribution < 1.29 is 9.53 Å². The van der Waals surface area contributed by atoms with Crippen LogP contribution in [0.5, 0.6) is 5.75 Å². The van der Waals surface area contributed by atoms with E-state index in [-0.39, 0.29) is 5.91 Å². The first-order chi connectivity index (χ1) is 12.6. The first-order valence-electron chi connectivity index (χ1n) is 7.60. The second kappa shape index (κ2) is 8.49. The van der Waals surface area contributed by atoms with E-state index < -0.39 is 0 Å². The van der Waals surface area contributed by atoms with Gasteiger partial charge in [-0.1, -0.05) is 35.9 Å². The zero-order valence-corrected chi connectivity index (χ0v) is 16.9. The maximum absolute atomic E-state index is 12.1. The molecule has 0 radical (unpaired) electrons. The number of carbonyl (C=O) groups is 1. The number of aromatic nitrogens is 1. The van der Waals surface area contributed by atoms with Gasteiger partial charge in [-0.25, -0.2) is 4.98 Å². The molecule has 0 unspecified atom stereocenters. The number of nitrogens with zero attached hydrogens (tertiary/aromatic N) is 1. The molecule has 0 saturated carbocycles. The molecule has 4 nitrogen and oxygen atoms in total. The maximum atomic E-state index is 12.1. The van der Waals surface area contributed by atoms with Crippen molar-refractivity contribution in [3.63, 3.8) is 0 Å². The Morgan fingerprint density at radius 1 is 1.31 bits per heavy atom. The second-order valence-corrected chi connectivity index (χ2v) is 7.35. The molecule has 1 heterocycles. The first kappa shape index (κ1) is 18.6. The smallest absolute Gasteiger partial charge is 0.250 e. The minimum Gasteiger partial charge on any atom is -0.496 e. The summed E-state index contributed by atoms with van der Waals surface area (Å²) in [6.45, 7) is 0. The molecule has 132 valence electrons. The second-order valence-electron chi connectivity index (χ2n) is 5.23. The standard InChI is InChI=1S/C19H14BrClN2O2S/c1-25-17-8-6-12(10-14(17)20)7-9-18(24)23-19-22-16(11-26-19)13-4-2-3-5-15(13)21/h2-11H,1H3,(H,22,23,24). The van der Waals surface area contributed by atoms with Crippen molar-refractivity contribution in [2.45, 2.75) is 0 Å². The molecule has 7 heteroatoms. The largest absolute Gasteiger partial charge is 0.496 e. The van der Waals surface area contributed by atoms with Gasteiger partial charge in [0.1, 0.15) is 5.75 Å². The fourth-order valence-electron chi connectivity index (χ4n) is 2.23. The lowest BCUT2D eigenvalue weighted by atomic mass is 10.2. The molecule has 0 aliphatic rings. The molecule has 3 rings (SSSR count). The van der Waals surface area contributed by atoms with Crippen molar-refractivity contribution in [1.82, 2.24) is 4.98 Å². The van der Waals surface area contributed by atoms with Gasteiger partial charge < -0.3 is 4.74 Å². The zero-order valence-electron chi connectivity index (χ0n) is 13.7. The Morgan fingerprint density at radius 2 is 2.12 bits per heavy atom. The molecule has 1 aromatic heterocycles. The van der Waals surface area contributed by atoms with Gasteiger partial charge in [-0.05, 0) is 45.8 Å². The van der Waals surface area contributed by atoms with Crippen LogP contribution < -0.4 is 10.1 Å². The first-order valence-corrected chi connectivity index (χ1v) is 9.65. The van der Waals surface area contributed by atoms with Crippen molar-refractivity contribution in [2.24, 2.45) is 0 Å². The fraction of sp³-hybridized carbons (Fsp3) is 0.0526. The van der Waals surface area contributed by atoms with Crippen molar-refractivity contribution >= 4 is 56.0 Å². The van der Waals surface area contributed by atoms with Gasteiger partial charge in [0, 0.05) is 22.0 Å². The molecule has 0 aliphatic heterocycles. The third kappa shape index (κ3) is 4.52. The summed E-state index contributed by atoms with van der Waals surface area (Å²) in [5.41, 5.74) is 2.45. The highest BCUT2D eigenvalue weighted by molar-refractivity contribution is 9.10. The number of anilines is 1. The molecule has 0 bridgehead atoms. The molecule has 0 saturated heterocycles. The Hall–Kier alpha value is -2.15. The average Bonchev–Trinajstić information content (AvgIpc) is 3.08. The number of ether oxygens (including phenoxy) is 1. The maximum Gasteiger partial charge on any atom is 0.250 e. The van der Waals surface area contributed by atoms with Gasteiger partial charge >= 0.3 is 0 Å². The molecule has 0 fully saturated rings. The van der Waals surface area contributed by atoms with Crippen molar-refractivity contribution in [3.05, 3.63) is 69.0 Å². The van der Waals surface area contributed by atoms with Crippen LogP contribution in [0.3, 0.4) is 0 Å². The number of carbonyl (C=O) groups excluding carboxylic acids is 1. The van der Waals surface area contributed by atoms with Gasteiger partial charge in [0.05, 0.1) is 17.3 Å². The van der Waals surface area contributed by atoms with Crippen LogP contribution in [0.25, 0.3) is 17.3 Å². The van der Waals surface area contributed by atoms with E-state index >= 15 is 0 Å². The predicted octanol–water partition coefficient (Wildman–Crippen LogP) is 5.89. The van der Waals surface area contributed by atoms with Crippen LogP contribution in [-0.4, -0.2) is 18.0 Å². The summed E-state index contributed by atoms with van der Waals surface area (Å²) < 4.78 is 6.01. The van der Waals surface area contributed by atoms with Crippen molar-refractivity contribution in [3.8, 4) is 17.0 Å². The number of methoxy groups -OCH3 is 1. The number of halogens is 2. The molecule has 1 N–H and O–H groups in total. The SMILES string of the molecule is COc1ccc(C=CC(=O)Nc2nc(-c3ccccc3Cl)cs2)cc1Br.